The van der Waals surface area contributed by atoms with Gasteiger partial charge in [-0.1, -0.05) is 6.92 Å². The number of aromatic amines is 1. The molecule has 3 N–H and O–H groups in total. The molecule has 3 heterocycles. The Morgan fingerprint density at radius 2 is 2.03 bits per heavy atom. The first-order valence-corrected chi connectivity index (χ1v) is 10.9. The fourth-order valence-corrected chi connectivity index (χ4v) is 4.58. The van der Waals surface area contributed by atoms with Crippen LogP contribution in [-0.2, 0) is 6.42 Å². The second kappa shape index (κ2) is 8.78. The summed E-state index contributed by atoms with van der Waals surface area (Å²) in [6.45, 7) is 6.70. The molecule has 1 atom stereocenters. The van der Waals surface area contributed by atoms with Crippen LogP contribution < -0.4 is 5.73 Å². The van der Waals surface area contributed by atoms with Crippen LogP contribution in [0.2, 0.25) is 0 Å². The predicted molar refractivity (Wildman–Crippen MR) is 118 cm³/mol. The second-order valence-corrected chi connectivity index (χ2v) is 8.42. The molecule has 0 radical (unpaired) electrons. The van der Waals surface area contributed by atoms with Gasteiger partial charge in [-0.3, -0.25) is 0 Å². The van der Waals surface area contributed by atoms with Crippen molar-refractivity contribution in [1.82, 2.24) is 24.8 Å². The van der Waals surface area contributed by atoms with Gasteiger partial charge in [0.1, 0.15) is 17.5 Å². The van der Waals surface area contributed by atoms with Crippen LogP contribution in [0, 0.1) is 18.7 Å². The van der Waals surface area contributed by atoms with Crippen molar-refractivity contribution in [3.8, 4) is 11.4 Å². The molecule has 0 spiro atoms. The molecule has 0 bridgehead atoms. The molecule has 3 aromatic rings. The third kappa shape index (κ3) is 3.96. The Kier molecular flexibility index (Phi) is 6.11. The van der Waals surface area contributed by atoms with E-state index in [2.05, 4.69) is 28.8 Å². The van der Waals surface area contributed by atoms with Crippen LogP contribution in [0.25, 0.3) is 22.4 Å². The van der Waals surface area contributed by atoms with Crippen molar-refractivity contribution in [2.75, 3.05) is 26.7 Å². The Labute approximate surface area is 177 Å². The Hall–Kier alpha value is -2.38. The number of hydrogen-bond donors (Lipinski definition) is 2. The summed E-state index contributed by atoms with van der Waals surface area (Å²) in [5.74, 6) is 2.20. The summed E-state index contributed by atoms with van der Waals surface area (Å²) in [6, 6.07) is 3.20. The van der Waals surface area contributed by atoms with Crippen LogP contribution in [0.5, 0.6) is 0 Å². The van der Waals surface area contributed by atoms with Crippen LogP contribution >= 0.6 is 0 Å². The molecule has 1 aliphatic heterocycles. The minimum Gasteiger partial charge on any atom is -0.338 e. The number of hydrogen-bond acceptors (Lipinski definition) is 5. The molecular formula is C23H31FN6. The predicted octanol–water partition coefficient (Wildman–Crippen LogP) is 3.80. The summed E-state index contributed by atoms with van der Waals surface area (Å²) < 4.78 is 13.9. The molecule has 1 fully saturated rings. The van der Waals surface area contributed by atoms with Gasteiger partial charge in [-0.25, -0.2) is 19.3 Å². The number of piperidine rings is 1. The number of nitrogens with one attached hydrogen (secondary N) is 1. The van der Waals surface area contributed by atoms with Gasteiger partial charge in [0, 0.05) is 17.7 Å². The Morgan fingerprint density at radius 3 is 2.73 bits per heavy atom. The number of nitrogens with zero attached hydrogens (tertiary/aromatic N) is 4. The fraction of sp³-hybridized carbons (Fsp3) is 0.522. The summed E-state index contributed by atoms with van der Waals surface area (Å²) in [6.07, 6.45) is 5.87. The second-order valence-electron chi connectivity index (χ2n) is 8.42. The smallest absolute Gasteiger partial charge is 0.141 e. The first-order chi connectivity index (χ1) is 14.5. The molecule has 1 unspecified atom stereocenters. The van der Waals surface area contributed by atoms with Gasteiger partial charge < -0.3 is 15.6 Å². The molecule has 160 valence electrons. The van der Waals surface area contributed by atoms with Crippen molar-refractivity contribution in [3.05, 3.63) is 41.2 Å². The molecule has 1 aromatic carbocycles. The molecule has 0 saturated carbocycles. The van der Waals surface area contributed by atoms with E-state index >= 15 is 0 Å². The van der Waals surface area contributed by atoms with E-state index in [1.807, 2.05) is 6.20 Å². The molecule has 0 aliphatic carbocycles. The summed E-state index contributed by atoms with van der Waals surface area (Å²) >= 11 is 0. The summed E-state index contributed by atoms with van der Waals surface area (Å²) in [4.78, 5) is 20.1. The van der Waals surface area contributed by atoms with Gasteiger partial charge in [0.15, 0.2) is 0 Å². The topological polar surface area (TPSA) is 83.7 Å². The van der Waals surface area contributed by atoms with E-state index in [9.17, 15) is 4.39 Å². The highest BCUT2D eigenvalue weighted by Crippen LogP contribution is 2.34. The summed E-state index contributed by atoms with van der Waals surface area (Å²) in [5.41, 5.74) is 9.83. The maximum Gasteiger partial charge on any atom is 0.141 e. The number of halogens is 1. The van der Waals surface area contributed by atoms with Crippen molar-refractivity contribution < 1.29 is 4.39 Å². The van der Waals surface area contributed by atoms with Gasteiger partial charge in [0.25, 0.3) is 0 Å². The van der Waals surface area contributed by atoms with Gasteiger partial charge in [0.2, 0.25) is 0 Å². The van der Waals surface area contributed by atoms with E-state index < -0.39 is 0 Å². The lowest BCUT2D eigenvalue weighted by atomic mass is 9.81. The zero-order valence-electron chi connectivity index (χ0n) is 18.1. The van der Waals surface area contributed by atoms with Crippen LogP contribution in [0.15, 0.2) is 18.3 Å². The molecule has 30 heavy (non-hydrogen) atoms. The zero-order chi connectivity index (χ0) is 21.3. The summed E-state index contributed by atoms with van der Waals surface area (Å²) in [7, 11) is 2.18. The quantitative estimate of drug-likeness (QED) is 0.646. The first-order valence-electron chi connectivity index (χ1n) is 10.9. The minimum atomic E-state index is -0.245. The summed E-state index contributed by atoms with van der Waals surface area (Å²) in [5, 5.41) is 0. The van der Waals surface area contributed by atoms with Gasteiger partial charge >= 0.3 is 0 Å². The van der Waals surface area contributed by atoms with Crippen LogP contribution in [0.3, 0.4) is 0 Å². The monoisotopic (exact) mass is 410 g/mol. The standard InChI is InChI=1S/C23H31FN6/c1-4-19-17(23-28-20-6-5-18(24)14(2)21(20)29-23)13-26-22(27-19)16(7-10-25)15-8-11-30(3)12-9-15/h5-6,13,15-16H,4,7-12,25H2,1-3H3,(H,28,29). The van der Waals surface area contributed by atoms with E-state index in [1.54, 1.807) is 13.0 Å². The Morgan fingerprint density at radius 1 is 1.27 bits per heavy atom. The molecule has 1 aliphatic rings. The number of imidazole rings is 1. The fourth-order valence-electron chi connectivity index (χ4n) is 4.58. The lowest BCUT2D eigenvalue weighted by Crippen LogP contribution is -2.33. The van der Waals surface area contributed by atoms with Gasteiger partial charge in [-0.05, 0) is 77.3 Å². The number of likely N-dealkylation sites (tertiary alicyclic amines) is 1. The number of benzene rings is 1. The van der Waals surface area contributed by atoms with Crippen LogP contribution in [0.1, 0.15) is 49.2 Å². The molecule has 6 nitrogen and oxygen atoms in total. The van der Waals surface area contributed by atoms with E-state index in [-0.39, 0.29) is 11.7 Å². The number of H-pyrrole nitrogens is 1. The highest BCUT2D eigenvalue weighted by Gasteiger charge is 2.28. The van der Waals surface area contributed by atoms with Crippen molar-refractivity contribution in [3.63, 3.8) is 0 Å². The van der Waals surface area contributed by atoms with Crippen molar-refractivity contribution in [2.45, 2.75) is 45.4 Å². The molecule has 2 aromatic heterocycles. The number of aryl methyl sites for hydroxylation is 2. The maximum atomic E-state index is 13.9. The van der Waals surface area contributed by atoms with Gasteiger partial charge in [-0.2, -0.15) is 0 Å². The van der Waals surface area contributed by atoms with Crippen molar-refractivity contribution >= 4 is 11.0 Å². The van der Waals surface area contributed by atoms with E-state index in [0.29, 0.717) is 29.4 Å². The number of rotatable bonds is 6. The van der Waals surface area contributed by atoms with Crippen LogP contribution in [0.4, 0.5) is 4.39 Å². The molecular weight excluding hydrogens is 379 g/mol. The third-order valence-corrected chi connectivity index (χ3v) is 6.46. The van der Waals surface area contributed by atoms with E-state index in [4.69, 9.17) is 15.7 Å². The molecule has 0 amide bonds. The normalized spacial score (nSPS) is 17.0. The lowest BCUT2D eigenvalue weighted by Gasteiger charge is -2.33. The number of fused-ring (bicyclic) bond motifs is 1. The van der Waals surface area contributed by atoms with Crippen LogP contribution in [-0.4, -0.2) is 51.5 Å². The minimum absolute atomic E-state index is 0.245. The van der Waals surface area contributed by atoms with Gasteiger partial charge in [-0.15, -0.1) is 0 Å². The highest BCUT2D eigenvalue weighted by molar-refractivity contribution is 5.82. The maximum absolute atomic E-state index is 13.9. The van der Waals surface area contributed by atoms with Gasteiger partial charge in [0.05, 0.1) is 22.3 Å². The SMILES string of the molecule is CCc1nc(C(CCN)C2CCN(C)CC2)ncc1-c1nc2c(C)c(F)ccc2[nH]1. The Bertz CT molecular complexity index is 1020. The highest BCUT2D eigenvalue weighted by atomic mass is 19.1. The molecule has 7 heteroatoms. The number of aromatic nitrogens is 4. The molecule has 1 saturated heterocycles. The lowest BCUT2D eigenvalue weighted by molar-refractivity contribution is 0.191. The average Bonchev–Trinajstić information content (AvgIpc) is 3.20. The van der Waals surface area contributed by atoms with Crippen molar-refractivity contribution in [1.29, 1.82) is 0 Å². The average molecular weight is 411 g/mol. The number of nitrogens with two attached hydrogens (primary N) is 1. The third-order valence-electron chi connectivity index (χ3n) is 6.46. The van der Waals surface area contributed by atoms with E-state index in [0.717, 1.165) is 61.4 Å². The zero-order valence-corrected chi connectivity index (χ0v) is 18.1. The Balaban J connectivity index is 1.69. The largest absolute Gasteiger partial charge is 0.338 e. The molecule has 4 rings (SSSR count). The first kappa shape index (κ1) is 20.9. The van der Waals surface area contributed by atoms with Crippen molar-refractivity contribution in [2.24, 2.45) is 11.7 Å². The van der Waals surface area contributed by atoms with E-state index in [1.165, 1.54) is 6.07 Å².